The molecule has 2 aromatic rings. The van der Waals surface area contributed by atoms with Crippen LogP contribution in [-0.2, 0) is 6.18 Å². The van der Waals surface area contributed by atoms with Crippen molar-refractivity contribution in [2.24, 2.45) is 0 Å². The molecule has 0 radical (unpaired) electrons. The second-order valence-corrected chi connectivity index (χ2v) is 4.91. The van der Waals surface area contributed by atoms with E-state index in [0.717, 1.165) is 30.9 Å². The van der Waals surface area contributed by atoms with Crippen LogP contribution in [0, 0.1) is 0 Å². The van der Waals surface area contributed by atoms with Crippen molar-refractivity contribution in [1.82, 2.24) is 15.1 Å². The Balaban J connectivity index is 2.34. The number of hydrogen-bond donors (Lipinski definition) is 1. The smallest absolute Gasteiger partial charge is 0.310 e. The second-order valence-electron chi connectivity index (χ2n) is 4.91. The summed E-state index contributed by atoms with van der Waals surface area (Å²) in [5.74, 6) is 0. The van der Waals surface area contributed by atoms with Crippen LogP contribution in [0.5, 0.6) is 0 Å². The number of alkyl halides is 3. The van der Waals surface area contributed by atoms with E-state index < -0.39 is 11.7 Å². The van der Waals surface area contributed by atoms with Crippen LogP contribution < -0.4 is 5.32 Å². The Bertz CT molecular complexity index is 590. The molecule has 0 aliphatic heterocycles. The summed E-state index contributed by atoms with van der Waals surface area (Å²) >= 11 is 0. The largest absolute Gasteiger partial charge is 0.419 e. The zero-order valence-electron chi connectivity index (χ0n) is 12.0. The number of aromatic nitrogens is 2. The molecule has 1 aromatic heterocycles. The maximum atomic E-state index is 12.7. The molecule has 0 bridgehead atoms. The summed E-state index contributed by atoms with van der Waals surface area (Å²) in [6.45, 7) is 4.90. The zero-order valence-corrected chi connectivity index (χ0v) is 12.0. The minimum absolute atomic E-state index is 0.0414. The lowest BCUT2D eigenvalue weighted by atomic mass is 10.1. The molecule has 6 heteroatoms. The van der Waals surface area contributed by atoms with Crippen LogP contribution in [0.15, 0.2) is 36.7 Å². The number of nitrogens with zero attached hydrogens (tertiary/aromatic N) is 2. The lowest BCUT2D eigenvalue weighted by Gasteiger charge is -2.17. The molecule has 21 heavy (non-hydrogen) atoms. The van der Waals surface area contributed by atoms with E-state index in [2.05, 4.69) is 17.3 Å². The fourth-order valence-corrected chi connectivity index (χ4v) is 2.13. The summed E-state index contributed by atoms with van der Waals surface area (Å²) in [5.41, 5.74) is 0.832. The van der Waals surface area contributed by atoms with Gasteiger partial charge in [0.25, 0.3) is 0 Å². The molecular weight excluding hydrogens is 279 g/mol. The molecule has 0 amide bonds. The number of benzene rings is 1. The molecule has 1 N–H and O–H groups in total. The van der Waals surface area contributed by atoms with Gasteiger partial charge in [-0.05, 0) is 31.5 Å². The van der Waals surface area contributed by atoms with Crippen LogP contribution >= 0.6 is 0 Å². The van der Waals surface area contributed by atoms with Gasteiger partial charge in [-0.25, -0.2) is 4.68 Å². The van der Waals surface area contributed by atoms with Crippen molar-refractivity contribution in [3.8, 4) is 5.69 Å². The van der Waals surface area contributed by atoms with Gasteiger partial charge in [0.2, 0.25) is 0 Å². The lowest BCUT2D eigenvalue weighted by molar-refractivity contribution is -0.137. The highest BCUT2D eigenvalue weighted by molar-refractivity contribution is 5.42. The van der Waals surface area contributed by atoms with E-state index >= 15 is 0 Å². The van der Waals surface area contributed by atoms with E-state index in [1.807, 2.05) is 19.1 Å². The second kappa shape index (κ2) is 6.30. The normalized spacial score (nSPS) is 13.4. The zero-order chi connectivity index (χ0) is 15.5. The summed E-state index contributed by atoms with van der Waals surface area (Å²) < 4.78 is 39.3. The van der Waals surface area contributed by atoms with Gasteiger partial charge >= 0.3 is 6.18 Å². The average molecular weight is 297 g/mol. The first-order chi connectivity index (χ1) is 9.93. The van der Waals surface area contributed by atoms with Crippen LogP contribution in [0.25, 0.3) is 5.69 Å². The average Bonchev–Trinajstić information content (AvgIpc) is 2.94. The van der Waals surface area contributed by atoms with Crippen LogP contribution in [0.4, 0.5) is 13.2 Å². The molecule has 0 aliphatic carbocycles. The summed E-state index contributed by atoms with van der Waals surface area (Å²) in [6, 6.07) is 7.38. The van der Waals surface area contributed by atoms with Crippen molar-refractivity contribution in [3.05, 3.63) is 47.8 Å². The Labute approximate surface area is 121 Å². The molecule has 0 saturated heterocycles. The van der Waals surface area contributed by atoms with E-state index in [-0.39, 0.29) is 6.04 Å². The van der Waals surface area contributed by atoms with Gasteiger partial charge in [0, 0.05) is 12.2 Å². The van der Waals surface area contributed by atoms with Crippen LogP contribution in [-0.4, -0.2) is 16.3 Å². The Kier molecular flexibility index (Phi) is 4.67. The van der Waals surface area contributed by atoms with E-state index in [1.165, 1.54) is 4.68 Å². The molecule has 1 aromatic carbocycles. The predicted molar refractivity (Wildman–Crippen MR) is 75.3 cm³/mol. The maximum absolute atomic E-state index is 12.7. The first kappa shape index (κ1) is 15.6. The third-order valence-electron chi connectivity index (χ3n) is 3.26. The van der Waals surface area contributed by atoms with E-state index in [1.54, 1.807) is 12.1 Å². The first-order valence-corrected chi connectivity index (χ1v) is 6.88. The molecule has 0 saturated carbocycles. The van der Waals surface area contributed by atoms with Gasteiger partial charge in [0.05, 0.1) is 17.4 Å². The summed E-state index contributed by atoms with van der Waals surface area (Å²) in [7, 11) is 0. The number of para-hydroxylation sites is 1. The van der Waals surface area contributed by atoms with Crippen molar-refractivity contribution >= 4 is 0 Å². The lowest BCUT2D eigenvalue weighted by Crippen LogP contribution is -2.20. The minimum Gasteiger partial charge on any atom is -0.310 e. The molecule has 1 unspecified atom stereocenters. The Morgan fingerprint density at radius 3 is 2.62 bits per heavy atom. The molecule has 1 heterocycles. The molecule has 1 atom stereocenters. The maximum Gasteiger partial charge on any atom is 0.419 e. The van der Waals surface area contributed by atoms with Gasteiger partial charge in [0.15, 0.2) is 0 Å². The highest BCUT2D eigenvalue weighted by Gasteiger charge is 2.32. The van der Waals surface area contributed by atoms with E-state index in [0.29, 0.717) is 5.69 Å². The van der Waals surface area contributed by atoms with Gasteiger partial charge in [-0.2, -0.15) is 18.3 Å². The van der Waals surface area contributed by atoms with Gasteiger partial charge in [-0.15, -0.1) is 0 Å². The van der Waals surface area contributed by atoms with Gasteiger partial charge in [-0.1, -0.05) is 25.1 Å². The van der Waals surface area contributed by atoms with Crippen molar-refractivity contribution < 1.29 is 13.2 Å². The van der Waals surface area contributed by atoms with Crippen LogP contribution in [0.2, 0.25) is 0 Å². The monoisotopic (exact) mass is 297 g/mol. The van der Waals surface area contributed by atoms with Crippen molar-refractivity contribution in [1.29, 1.82) is 0 Å². The molecule has 2 rings (SSSR count). The molecule has 0 aliphatic rings. The number of hydrogen-bond acceptors (Lipinski definition) is 2. The van der Waals surface area contributed by atoms with E-state index in [9.17, 15) is 13.2 Å². The predicted octanol–water partition coefficient (Wildman–Crippen LogP) is 3.95. The minimum atomic E-state index is -4.38. The highest BCUT2D eigenvalue weighted by atomic mass is 19.4. The van der Waals surface area contributed by atoms with Gasteiger partial charge < -0.3 is 5.32 Å². The number of nitrogens with one attached hydrogen (secondary N) is 1. The summed E-state index contributed by atoms with van der Waals surface area (Å²) in [6.07, 6.45) is -1.52. The van der Waals surface area contributed by atoms with Crippen molar-refractivity contribution in [2.75, 3.05) is 6.54 Å². The standard InChI is InChI=1S/C15H18F3N3/c1-3-8-19-11(2)13-6-4-5-7-14(13)21-10-12(9-20-21)15(16,17)18/h4-7,9-11,19H,3,8H2,1-2H3. The van der Waals surface area contributed by atoms with Crippen LogP contribution in [0.3, 0.4) is 0 Å². The fraction of sp³-hybridized carbons (Fsp3) is 0.400. The number of halogens is 3. The van der Waals surface area contributed by atoms with Gasteiger partial charge in [0.1, 0.15) is 0 Å². The summed E-state index contributed by atoms with van der Waals surface area (Å²) in [5, 5.41) is 7.18. The van der Waals surface area contributed by atoms with Crippen molar-refractivity contribution in [2.45, 2.75) is 32.5 Å². The Morgan fingerprint density at radius 1 is 1.29 bits per heavy atom. The molecule has 114 valence electrons. The third-order valence-corrected chi connectivity index (χ3v) is 3.26. The highest BCUT2D eigenvalue weighted by Crippen LogP contribution is 2.30. The summed E-state index contributed by atoms with van der Waals surface area (Å²) in [4.78, 5) is 0. The third kappa shape index (κ3) is 3.64. The SMILES string of the molecule is CCCNC(C)c1ccccc1-n1cc(C(F)(F)F)cn1. The topological polar surface area (TPSA) is 29.9 Å². The first-order valence-electron chi connectivity index (χ1n) is 6.88. The fourth-order valence-electron chi connectivity index (χ4n) is 2.13. The molecule has 0 fully saturated rings. The Hall–Kier alpha value is -1.82. The molecular formula is C15H18F3N3. The Morgan fingerprint density at radius 2 is 2.00 bits per heavy atom. The molecule has 0 spiro atoms. The number of rotatable bonds is 5. The quantitative estimate of drug-likeness (QED) is 0.905. The van der Waals surface area contributed by atoms with E-state index in [4.69, 9.17) is 0 Å². The van der Waals surface area contributed by atoms with Crippen molar-refractivity contribution in [3.63, 3.8) is 0 Å². The van der Waals surface area contributed by atoms with Crippen LogP contribution in [0.1, 0.15) is 37.4 Å². The van der Waals surface area contributed by atoms with Gasteiger partial charge in [-0.3, -0.25) is 0 Å². The molecule has 3 nitrogen and oxygen atoms in total.